The van der Waals surface area contributed by atoms with Gasteiger partial charge in [-0.15, -0.1) is 0 Å². The van der Waals surface area contributed by atoms with Crippen LogP contribution in [0.15, 0.2) is 53.6 Å². The molecule has 0 aliphatic heterocycles. The van der Waals surface area contributed by atoms with Gasteiger partial charge in [0.05, 0.1) is 6.21 Å². The molecule has 3 rings (SSSR count). The topological polar surface area (TPSA) is 66.2 Å². The van der Waals surface area contributed by atoms with Crippen LogP contribution in [0.25, 0.3) is 11.4 Å². The predicted molar refractivity (Wildman–Crippen MR) is 88.7 cm³/mol. The number of rotatable bonds is 3. The third kappa shape index (κ3) is 2.68. The minimum Gasteiger partial charge on any atom is -0.507 e. The molecule has 5 nitrogen and oxygen atoms in total. The molecule has 110 valence electrons. The van der Waals surface area contributed by atoms with Crippen molar-refractivity contribution in [1.29, 1.82) is 0 Å². The lowest BCUT2D eigenvalue weighted by atomic mass is 10.1. The Labute approximate surface area is 132 Å². The van der Waals surface area contributed by atoms with E-state index in [1.165, 1.54) is 0 Å². The number of hydrogen-bond acceptors (Lipinski definition) is 4. The fourth-order valence-corrected chi connectivity index (χ4v) is 2.29. The Hall–Kier alpha value is -2.73. The molecule has 0 atom stereocenters. The van der Waals surface area contributed by atoms with Crippen molar-refractivity contribution < 1.29 is 5.11 Å². The largest absolute Gasteiger partial charge is 0.507 e. The summed E-state index contributed by atoms with van der Waals surface area (Å²) in [5.74, 6) is 0.800. The van der Waals surface area contributed by atoms with E-state index in [1.54, 1.807) is 29.1 Å². The van der Waals surface area contributed by atoms with Crippen LogP contribution < -0.4 is 0 Å². The van der Waals surface area contributed by atoms with E-state index >= 15 is 0 Å². The monoisotopic (exact) mass is 310 g/mol. The van der Waals surface area contributed by atoms with Gasteiger partial charge in [-0.2, -0.15) is 14.9 Å². The second kappa shape index (κ2) is 5.95. The number of para-hydroxylation sites is 1. The summed E-state index contributed by atoms with van der Waals surface area (Å²) in [6.07, 6.45) is 1.56. The Morgan fingerprint density at radius 1 is 1.18 bits per heavy atom. The molecule has 2 N–H and O–H groups in total. The molecule has 0 bridgehead atoms. The SMILES string of the molecule is Cc1ccccc1-c1n[nH]c(=S)n1N=Cc1ccccc1O. The van der Waals surface area contributed by atoms with Crippen molar-refractivity contribution in [3.63, 3.8) is 0 Å². The van der Waals surface area contributed by atoms with Crippen molar-refractivity contribution in [3.05, 3.63) is 64.4 Å². The molecule has 22 heavy (non-hydrogen) atoms. The van der Waals surface area contributed by atoms with Crippen LogP contribution in [0.4, 0.5) is 0 Å². The summed E-state index contributed by atoms with van der Waals surface area (Å²) < 4.78 is 1.94. The average Bonchev–Trinajstić information content (AvgIpc) is 2.88. The second-order valence-corrected chi connectivity index (χ2v) is 5.17. The van der Waals surface area contributed by atoms with Crippen LogP contribution in [-0.4, -0.2) is 26.2 Å². The van der Waals surface area contributed by atoms with E-state index in [4.69, 9.17) is 12.2 Å². The van der Waals surface area contributed by atoms with Gasteiger partial charge in [0.25, 0.3) is 0 Å². The van der Waals surface area contributed by atoms with Crippen molar-refractivity contribution in [2.45, 2.75) is 6.92 Å². The summed E-state index contributed by atoms with van der Waals surface area (Å²) >= 11 is 5.23. The maximum atomic E-state index is 9.79. The summed E-state index contributed by atoms with van der Waals surface area (Å²) in [6.45, 7) is 2.00. The van der Waals surface area contributed by atoms with E-state index in [9.17, 15) is 5.11 Å². The molecule has 2 aromatic carbocycles. The number of nitrogens with one attached hydrogen (secondary N) is 1. The number of phenolic OH excluding ortho intramolecular Hbond substituents is 1. The third-order valence-electron chi connectivity index (χ3n) is 3.29. The van der Waals surface area contributed by atoms with Gasteiger partial charge < -0.3 is 5.11 Å². The van der Waals surface area contributed by atoms with Gasteiger partial charge in [-0.1, -0.05) is 36.4 Å². The molecular formula is C16H14N4OS. The lowest BCUT2D eigenvalue weighted by Gasteiger charge is -2.04. The summed E-state index contributed by atoms with van der Waals surface area (Å²) in [5, 5.41) is 21.1. The van der Waals surface area contributed by atoms with E-state index in [1.807, 2.05) is 37.3 Å². The zero-order valence-corrected chi connectivity index (χ0v) is 12.7. The maximum absolute atomic E-state index is 9.79. The van der Waals surface area contributed by atoms with E-state index in [2.05, 4.69) is 15.3 Å². The fourth-order valence-electron chi connectivity index (χ4n) is 2.11. The molecule has 1 heterocycles. The van der Waals surface area contributed by atoms with Crippen LogP contribution in [0, 0.1) is 11.7 Å². The molecule has 0 aliphatic rings. The van der Waals surface area contributed by atoms with Crippen molar-refractivity contribution in [2.75, 3.05) is 0 Å². The summed E-state index contributed by atoms with van der Waals surface area (Å²) in [4.78, 5) is 0. The Morgan fingerprint density at radius 3 is 2.68 bits per heavy atom. The van der Waals surface area contributed by atoms with Gasteiger partial charge in [-0.05, 0) is 36.8 Å². The average molecular weight is 310 g/mol. The highest BCUT2D eigenvalue weighted by Crippen LogP contribution is 2.21. The summed E-state index contributed by atoms with van der Waals surface area (Å²) in [7, 11) is 0. The van der Waals surface area contributed by atoms with Gasteiger partial charge in [0.15, 0.2) is 5.82 Å². The smallest absolute Gasteiger partial charge is 0.216 e. The normalized spacial score (nSPS) is 11.1. The van der Waals surface area contributed by atoms with Crippen LogP contribution in [0.2, 0.25) is 0 Å². The van der Waals surface area contributed by atoms with E-state index in [0.717, 1.165) is 11.1 Å². The molecule has 1 aromatic heterocycles. The first-order valence-electron chi connectivity index (χ1n) is 6.72. The second-order valence-electron chi connectivity index (χ2n) is 4.78. The Balaban J connectivity index is 2.06. The van der Waals surface area contributed by atoms with Gasteiger partial charge >= 0.3 is 0 Å². The van der Waals surface area contributed by atoms with Crippen LogP contribution in [-0.2, 0) is 0 Å². The third-order valence-corrected chi connectivity index (χ3v) is 3.55. The number of benzene rings is 2. The fraction of sp³-hybridized carbons (Fsp3) is 0.0625. The van der Waals surface area contributed by atoms with Gasteiger partial charge in [-0.25, -0.2) is 5.10 Å². The number of hydrogen-bond donors (Lipinski definition) is 2. The quantitative estimate of drug-likeness (QED) is 0.575. The molecule has 0 saturated heterocycles. The molecule has 0 spiro atoms. The summed E-state index contributed by atoms with van der Waals surface area (Å²) in [5.41, 5.74) is 2.64. The van der Waals surface area contributed by atoms with Crippen LogP contribution in [0.5, 0.6) is 5.75 Å². The lowest BCUT2D eigenvalue weighted by molar-refractivity contribution is 0.474. The molecule has 3 aromatic rings. The Bertz CT molecular complexity index is 895. The van der Waals surface area contributed by atoms with Crippen LogP contribution in [0.1, 0.15) is 11.1 Å². The van der Waals surface area contributed by atoms with E-state index in [-0.39, 0.29) is 5.75 Å². The Morgan fingerprint density at radius 2 is 1.91 bits per heavy atom. The van der Waals surface area contributed by atoms with E-state index in [0.29, 0.717) is 16.2 Å². The van der Waals surface area contributed by atoms with Crippen LogP contribution >= 0.6 is 12.2 Å². The molecule has 0 unspecified atom stereocenters. The number of aromatic amines is 1. The van der Waals surface area contributed by atoms with Gasteiger partial charge in [-0.3, -0.25) is 0 Å². The first kappa shape index (κ1) is 14.2. The molecule has 0 saturated carbocycles. The highest BCUT2D eigenvalue weighted by Gasteiger charge is 2.10. The Kier molecular flexibility index (Phi) is 3.84. The van der Waals surface area contributed by atoms with Crippen molar-refractivity contribution in [2.24, 2.45) is 5.10 Å². The molecule has 0 fully saturated rings. The number of H-pyrrole nitrogens is 1. The lowest BCUT2D eigenvalue weighted by Crippen LogP contribution is -1.96. The standard InChI is InChI=1S/C16H14N4OS/c1-11-6-2-4-8-13(11)15-18-19-16(22)20(15)17-10-12-7-3-5-9-14(12)21/h2-10,21H,1H3,(H,19,22). The van der Waals surface area contributed by atoms with Crippen molar-refractivity contribution in [3.8, 4) is 17.1 Å². The van der Waals surface area contributed by atoms with Crippen LogP contribution in [0.3, 0.4) is 0 Å². The maximum Gasteiger partial charge on any atom is 0.216 e. The minimum absolute atomic E-state index is 0.165. The predicted octanol–water partition coefficient (Wildman–Crippen LogP) is 3.50. The number of aromatic nitrogens is 3. The number of phenols is 1. The highest BCUT2D eigenvalue weighted by molar-refractivity contribution is 7.71. The molecule has 0 amide bonds. The summed E-state index contributed by atoms with van der Waals surface area (Å²) in [6, 6.07) is 14.9. The van der Waals surface area contributed by atoms with E-state index < -0.39 is 0 Å². The molecule has 6 heteroatoms. The number of nitrogens with zero attached hydrogens (tertiary/aromatic N) is 3. The molecule has 0 radical (unpaired) electrons. The zero-order chi connectivity index (χ0) is 15.5. The number of aryl methyl sites for hydroxylation is 1. The first-order chi connectivity index (χ1) is 10.7. The highest BCUT2D eigenvalue weighted by atomic mass is 32.1. The molecular weight excluding hydrogens is 296 g/mol. The van der Waals surface area contributed by atoms with Gasteiger partial charge in [0.1, 0.15) is 5.75 Å². The molecule has 0 aliphatic carbocycles. The van der Waals surface area contributed by atoms with Crippen molar-refractivity contribution in [1.82, 2.24) is 14.9 Å². The number of aromatic hydroxyl groups is 1. The minimum atomic E-state index is 0.165. The van der Waals surface area contributed by atoms with Gasteiger partial charge in [0, 0.05) is 11.1 Å². The zero-order valence-electron chi connectivity index (χ0n) is 11.9. The van der Waals surface area contributed by atoms with Gasteiger partial charge in [0.2, 0.25) is 4.77 Å². The first-order valence-corrected chi connectivity index (χ1v) is 7.13. The van der Waals surface area contributed by atoms with Crippen molar-refractivity contribution >= 4 is 18.4 Å².